The van der Waals surface area contributed by atoms with Crippen molar-refractivity contribution in [2.24, 2.45) is 23.7 Å². The molecule has 0 spiro atoms. The van der Waals surface area contributed by atoms with E-state index in [4.69, 9.17) is 0 Å². The van der Waals surface area contributed by atoms with Crippen LogP contribution in [0.5, 0.6) is 0 Å². The smallest absolute Gasteiger partial charge is 0.318 e. The lowest BCUT2D eigenvalue weighted by atomic mass is 9.54. The van der Waals surface area contributed by atoms with Gasteiger partial charge in [-0.25, -0.2) is 4.79 Å². The number of hydrogen-bond acceptors (Lipinski definition) is 1. The Balaban J connectivity index is 1.42. The molecule has 0 unspecified atom stereocenters. The minimum Gasteiger partial charge on any atom is -0.335 e. The van der Waals surface area contributed by atoms with Gasteiger partial charge < -0.3 is 10.2 Å². The highest BCUT2D eigenvalue weighted by molar-refractivity contribution is 5.75. The summed E-state index contributed by atoms with van der Waals surface area (Å²) in [6, 6.07) is 10.7. The number of rotatable bonds is 5. The van der Waals surface area contributed by atoms with E-state index in [2.05, 4.69) is 24.0 Å². The van der Waals surface area contributed by atoms with E-state index in [0.29, 0.717) is 31.0 Å². The largest absolute Gasteiger partial charge is 0.335 e. The van der Waals surface area contributed by atoms with E-state index in [1.54, 1.807) is 0 Å². The lowest BCUT2D eigenvalue weighted by molar-refractivity contribution is -0.0109. The van der Waals surface area contributed by atoms with Crippen LogP contribution in [-0.4, -0.2) is 23.5 Å². The fourth-order valence-electron chi connectivity index (χ4n) is 5.57. The van der Waals surface area contributed by atoms with Crippen LogP contribution >= 0.6 is 0 Å². The molecule has 1 N–H and O–H groups in total. The number of nitrogens with one attached hydrogen (secondary N) is 1. The monoisotopic (exact) mass is 324 g/mol. The summed E-state index contributed by atoms with van der Waals surface area (Å²) in [5, 5.41) is 3.41. The molecular formula is C21H28N2O. The Morgan fingerprint density at radius 1 is 1.08 bits per heavy atom. The molecular weight excluding hydrogens is 296 g/mol. The maximum atomic E-state index is 12.9. The van der Waals surface area contributed by atoms with Crippen molar-refractivity contribution in [2.75, 3.05) is 6.54 Å². The Morgan fingerprint density at radius 2 is 1.71 bits per heavy atom. The van der Waals surface area contributed by atoms with Crippen molar-refractivity contribution in [3.63, 3.8) is 0 Å². The van der Waals surface area contributed by atoms with Crippen LogP contribution in [-0.2, 0) is 6.54 Å². The zero-order valence-corrected chi connectivity index (χ0v) is 14.4. The molecule has 0 aromatic heterocycles. The Kier molecular flexibility index (Phi) is 4.34. The van der Waals surface area contributed by atoms with Gasteiger partial charge in [0, 0.05) is 19.1 Å². The van der Waals surface area contributed by atoms with Crippen molar-refractivity contribution >= 4 is 6.03 Å². The molecule has 0 saturated heterocycles. The van der Waals surface area contributed by atoms with Crippen molar-refractivity contribution in [2.45, 2.75) is 44.7 Å². The first-order valence-electron chi connectivity index (χ1n) is 9.43. The molecule has 4 aliphatic carbocycles. The molecule has 3 nitrogen and oxygen atoms in total. The number of urea groups is 1. The number of benzene rings is 1. The number of nitrogens with zero attached hydrogens (tertiary/aromatic N) is 1. The van der Waals surface area contributed by atoms with Gasteiger partial charge in [0.25, 0.3) is 0 Å². The predicted molar refractivity (Wildman–Crippen MR) is 96.4 cm³/mol. The molecule has 4 fully saturated rings. The molecule has 0 aliphatic heterocycles. The topological polar surface area (TPSA) is 32.3 Å². The van der Waals surface area contributed by atoms with Crippen molar-refractivity contribution in [3.8, 4) is 0 Å². The van der Waals surface area contributed by atoms with Gasteiger partial charge in [0.2, 0.25) is 0 Å². The van der Waals surface area contributed by atoms with E-state index >= 15 is 0 Å². The van der Waals surface area contributed by atoms with Gasteiger partial charge in [-0.15, -0.1) is 6.58 Å². The van der Waals surface area contributed by atoms with E-state index in [1.165, 1.54) is 37.7 Å². The summed E-state index contributed by atoms with van der Waals surface area (Å²) in [5.74, 6) is 3.31. The first-order chi connectivity index (χ1) is 11.7. The highest BCUT2D eigenvalue weighted by Crippen LogP contribution is 2.53. The Hall–Kier alpha value is -1.77. The first-order valence-corrected chi connectivity index (χ1v) is 9.43. The van der Waals surface area contributed by atoms with Crippen LogP contribution in [0.2, 0.25) is 0 Å². The molecule has 4 aliphatic rings. The van der Waals surface area contributed by atoms with Crippen molar-refractivity contribution < 1.29 is 4.79 Å². The van der Waals surface area contributed by atoms with E-state index < -0.39 is 0 Å². The Morgan fingerprint density at radius 3 is 2.29 bits per heavy atom. The van der Waals surface area contributed by atoms with Gasteiger partial charge in [0.1, 0.15) is 0 Å². The van der Waals surface area contributed by atoms with Crippen LogP contribution in [0.4, 0.5) is 4.79 Å². The second kappa shape index (κ2) is 6.62. The standard InChI is InChI=1S/C21H28N2O/c1-2-8-23(14-15-6-4-3-5-7-15)21(24)22-20-18-10-16-9-17(12-18)13-19(20)11-16/h2-7,16-20H,1,8-14H2,(H,22,24). The average Bonchev–Trinajstić information content (AvgIpc) is 2.58. The summed E-state index contributed by atoms with van der Waals surface area (Å²) >= 11 is 0. The number of carbonyl (C=O) groups is 1. The lowest BCUT2D eigenvalue weighted by Crippen LogP contribution is -2.57. The van der Waals surface area contributed by atoms with Crippen molar-refractivity contribution in [1.29, 1.82) is 0 Å². The molecule has 2 amide bonds. The molecule has 0 heterocycles. The van der Waals surface area contributed by atoms with Gasteiger partial charge in [0.05, 0.1) is 0 Å². The van der Waals surface area contributed by atoms with Crippen LogP contribution in [0.15, 0.2) is 43.0 Å². The Labute approximate surface area is 145 Å². The average molecular weight is 324 g/mol. The summed E-state index contributed by atoms with van der Waals surface area (Å²) < 4.78 is 0. The van der Waals surface area contributed by atoms with Gasteiger partial charge in [0.15, 0.2) is 0 Å². The minimum absolute atomic E-state index is 0.0798. The molecule has 0 atom stereocenters. The summed E-state index contributed by atoms with van der Waals surface area (Å²) in [6.45, 7) is 5.06. The second-order valence-corrected chi connectivity index (χ2v) is 8.06. The molecule has 128 valence electrons. The van der Waals surface area contributed by atoms with Gasteiger partial charge in [-0.2, -0.15) is 0 Å². The molecule has 5 rings (SSSR count). The second-order valence-electron chi connectivity index (χ2n) is 8.06. The number of amides is 2. The zero-order chi connectivity index (χ0) is 16.5. The number of hydrogen-bond donors (Lipinski definition) is 1. The van der Waals surface area contributed by atoms with Gasteiger partial charge >= 0.3 is 6.03 Å². The van der Waals surface area contributed by atoms with E-state index in [-0.39, 0.29) is 6.03 Å². The summed E-state index contributed by atoms with van der Waals surface area (Å²) in [7, 11) is 0. The molecule has 3 heteroatoms. The van der Waals surface area contributed by atoms with Crippen molar-refractivity contribution in [1.82, 2.24) is 10.2 Å². The quantitative estimate of drug-likeness (QED) is 0.809. The third kappa shape index (κ3) is 3.09. The van der Waals surface area contributed by atoms with Gasteiger partial charge in [-0.1, -0.05) is 36.4 Å². The minimum atomic E-state index is 0.0798. The molecule has 1 aromatic rings. The Bertz CT molecular complexity index is 569. The van der Waals surface area contributed by atoms with Crippen LogP contribution in [0.25, 0.3) is 0 Å². The summed E-state index contributed by atoms with van der Waals surface area (Å²) in [4.78, 5) is 14.8. The maximum Gasteiger partial charge on any atom is 0.318 e. The first kappa shape index (κ1) is 15.7. The third-order valence-corrected chi connectivity index (χ3v) is 6.37. The summed E-state index contributed by atoms with van der Waals surface area (Å²) in [6.07, 6.45) is 8.59. The fraction of sp³-hybridized carbons (Fsp3) is 0.571. The maximum absolute atomic E-state index is 12.9. The van der Waals surface area contributed by atoms with Gasteiger partial charge in [-0.3, -0.25) is 0 Å². The van der Waals surface area contributed by atoms with E-state index in [1.807, 2.05) is 29.2 Å². The molecule has 1 aromatic carbocycles. The normalized spacial score (nSPS) is 33.2. The highest BCUT2D eigenvalue weighted by Gasteiger charge is 2.48. The van der Waals surface area contributed by atoms with Crippen LogP contribution in [0.3, 0.4) is 0 Å². The van der Waals surface area contributed by atoms with Crippen LogP contribution in [0.1, 0.15) is 37.7 Å². The number of carbonyl (C=O) groups excluding carboxylic acids is 1. The molecule has 4 saturated carbocycles. The highest BCUT2D eigenvalue weighted by atomic mass is 16.2. The van der Waals surface area contributed by atoms with Crippen molar-refractivity contribution in [3.05, 3.63) is 48.6 Å². The van der Waals surface area contributed by atoms with Gasteiger partial charge in [-0.05, 0) is 61.3 Å². The fourth-order valence-corrected chi connectivity index (χ4v) is 5.57. The van der Waals surface area contributed by atoms with Crippen LogP contribution in [0, 0.1) is 23.7 Å². The predicted octanol–water partition coefficient (Wildman–Crippen LogP) is 4.21. The SMILES string of the molecule is C=CCN(Cc1ccccc1)C(=O)NC1C2CC3CC(C2)CC1C3. The molecule has 4 bridgehead atoms. The summed E-state index contributed by atoms with van der Waals surface area (Å²) in [5.41, 5.74) is 1.17. The zero-order valence-electron chi connectivity index (χ0n) is 14.4. The van der Waals surface area contributed by atoms with E-state index in [9.17, 15) is 4.79 Å². The third-order valence-electron chi connectivity index (χ3n) is 6.37. The molecule has 0 radical (unpaired) electrons. The van der Waals surface area contributed by atoms with E-state index in [0.717, 1.165) is 11.8 Å². The van der Waals surface area contributed by atoms with Crippen LogP contribution < -0.4 is 5.32 Å². The molecule has 24 heavy (non-hydrogen) atoms. The lowest BCUT2D eigenvalue weighted by Gasteiger charge is -2.54.